The van der Waals surface area contributed by atoms with Crippen LogP contribution in [0.1, 0.15) is 16.7 Å². The normalized spacial score (nSPS) is 14.3. The van der Waals surface area contributed by atoms with Crippen LogP contribution < -0.4 is 9.47 Å². The summed E-state index contributed by atoms with van der Waals surface area (Å²) in [6, 6.07) is 31.1. The van der Waals surface area contributed by atoms with Crippen LogP contribution in [0.3, 0.4) is 0 Å². The number of hydrogen-bond acceptors (Lipinski definition) is 2. The van der Waals surface area contributed by atoms with Gasteiger partial charge in [0.15, 0.2) is 5.60 Å². The first kappa shape index (κ1) is 16.6. The molecule has 0 aromatic heterocycles. The largest absolute Gasteiger partial charge is 0.497 e. The molecule has 1 aliphatic heterocycles. The van der Waals surface area contributed by atoms with Crippen molar-refractivity contribution in [3.8, 4) is 11.5 Å². The molecule has 0 aliphatic carbocycles. The van der Waals surface area contributed by atoms with Crippen molar-refractivity contribution in [3.05, 3.63) is 114 Å². The second-order valence-corrected chi connectivity index (χ2v) is 6.97. The molecule has 2 nitrogen and oxygen atoms in total. The number of fused-ring (bicyclic) bond motifs is 3. The lowest BCUT2D eigenvalue weighted by molar-refractivity contribution is 0.161. The van der Waals surface area contributed by atoms with Gasteiger partial charge in [-0.2, -0.15) is 0 Å². The Morgan fingerprint density at radius 1 is 0.750 bits per heavy atom. The summed E-state index contributed by atoms with van der Waals surface area (Å²) in [5.41, 5.74) is 2.64. The minimum atomic E-state index is -0.651. The molecule has 4 aromatic carbocycles. The van der Waals surface area contributed by atoms with Crippen LogP contribution >= 0.6 is 0 Å². The predicted octanol–water partition coefficient (Wildman–Crippen LogP) is 6.20. The summed E-state index contributed by atoms with van der Waals surface area (Å²) in [5, 5.41) is 2.29. The molecule has 28 heavy (non-hydrogen) atoms. The SMILES string of the molecule is COc1ccc2ccc3c(c2c1)C=CC(c1ccccc1)(c1ccccc1)O3. The van der Waals surface area contributed by atoms with Crippen LogP contribution in [0.25, 0.3) is 16.8 Å². The molecule has 0 unspecified atom stereocenters. The van der Waals surface area contributed by atoms with E-state index in [-0.39, 0.29) is 0 Å². The van der Waals surface area contributed by atoms with Gasteiger partial charge in [-0.1, -0.05) is 72.8 Å². The first-order chi connectivity index (χ1) is 13.8. The van der Waals surface area contributed by atoms with E-state index in [1.54, 1.807) is 7.11 Å². The molecule has 0 amide bonds. The van der Waals surface area contributed by atoms with Gasteiger partial charge in [0, 0.05) is 16.7 Å². The van der Waals surface area contributed by atoms with Gasteiger partial charge in [-0.05, 0) is 41.1 Å². The molecule has 0 saturated carbocycles. The topological polar surface area (TPSA) is 18.5 Å². The van der Waals surface area contributed by atoms with E-state index in [1.807, 2.05) is 18.2 Å². The predicted molar refractivity (Wildman–Crippen MR) is 114 cm³/mol. The van der Waals surface area contributed by atoms with E-state index >= 15 is 0 Å². The Bertz CT molecular complexity index is 1120. The zero-order chi connectivity index (χ0) is 19.0. The highest BCUT2D eigenvalue weighted by Gasteiger charge is 2.37. The smallest absolute Gasteiger partial charge is 0.178 e. The van der Waals surface area contributed by atoms with Gasteiger partial charge in [0.2, 0.25) is 0 Å². The first-order valence-corrected chi connectivity index (χ1v) is 9.40. The van der Waals surface area contributed by atoms with Crippen LogP contribution in [-0.2, 0) is 5.60 Å². The van der Waals surface area contributed by atoms with Gasteiger partial charge in [0.25, 0.3) is 0 Å². The lowest BCUT2D eigenvalue weighted by Crippen LogP contribution is -2.34. The first-order valence-electron chi connectivity index (χ1n) is 9.40. The summed E-state index contributed by atoms with van der Waals surface area (Å²) < 4.78 is 12.2. The molecule has 0 saturated heterocycles. The van der Waals surface area contributed by atoms with Crippen molar-refractivity contribution in [1.82, 2.24) is 0 Å². The van der Waals surface area contributed by atoms with Gasteiger partial charge >= 0.3 is 0 Å². The molecular formula is C26H20O2. The van der Waals surface area contributed by atoms with Crippen molar-refractivity contribution >= 4 is 16.8 Å². The second-order valence-electron chi connectivity index (χ2n) is 6.97. The number of rotatable bonds is 3. The Kier molecular flexibility index (Phi) is 3.91. The van der Waals surface area contributed by atoms with E-state index in [4.69, 9.17) is 9.47 Å². The zero-order valence-electron chi connectivity index (χ0n) is 15.6. The molecule has 0 bridgehead atoms. The molecule has 1 aliphatic rings. The highest BCUT2D eigenvalue weighted by Crippen LogP contribution is 2.44. The number of ether oxygens (including phenoxy) is 2. The molecule has 4 aromatic rings. The number of hydrogen-bond donors (Lipinski definition) is 0. The van der Waals surface area contributed by atoms with Crippen LogP contribution in [0.5, 0.6) is 11.5 Å². The van der Waals surface area contributed by atoms with Crippen LogP contribution in [0.15, 0.2) is 97.1 Å². The molecule has 5 rings (SSSR count). The maximum absolute atomic E-state index is 6.75. The Morgan fingerprint density at radius 2 is 1.39 bits per heavy atom. The van der Waals surface area contributed by atoms with Crippen molar-refractivity contribution in [3.63, 3.8) is 0 Å². The fourth-order valence-electron chi connectivity index (χ4n) is 3.95. The fraction of sp³-hybridized carbons (Fsp3) is 0.0769. The Hall–Kier alpha value is -3.52. The third-order valence-electron chi connectivity index (χ3n) is 5.39. The quantitative estimate of drug-likeness (QED) is 0.431. The molecule has 2 heteroatoms. The number of methoxy groups -OCH3 is 1. The van der Waals surface area contributed by atoms with E-state index in [0.717, 1.165) is 33.6 Å². The molecule has 0 N–H and O–H groups in total. The highest BCUT2D eigenvalue weighted by molar-refractivity contribution is 5.95. The van der Waals surface area contributed by atoms with E-state index in [0.29, 0.717) is 0 Å². The van der Waals surface area contributed by atoms with E-state index in [1.165, 1.54) is 5.39 Å². The number of benzene rings is 4. The molecule has 0 fully saturated rings. The third kappa shape index (κ3) is 2.57. The van der Waals surface area contributed by atoms with Crippen molar-refractivity contribution in [2.45, 2.75) is 5.60 Å². The van der Waals surface area contributed by atoms with Crippen LogP contribution in [-0.4, -0.2) is 7.11 Å². The zero-order valence-corrected chi connectivity index (χ0v) is 15.6. The van der Waals surface area contributed by atoms with Crippen molar-refractivity contribution < 1.29 is 9.47 Å². The van der Waals surface area contributed by atoms with Gasteiger partial charge in [-0.25, -0.2) is 0 Å². The highest BCUT2D eigenvalue weighted by atomic mass is 16.5. The lowest BCUT2D eigenvalue weighted by Gasteiger charge is -2.36. The van der Waals surface area contributed by atoms with Crippen LogP contribution in [0.4, 0.5) is 0 Å². The molecule has 136 valence electrons. The fourth-order valence-corrected chi connectivity index (χ4v) is 3.95. The van der Waals surface area contributed by atoms with Crippen molar-refractivity contribution in [2.24, 2.45) is 0 Å². The van der Waals surface area contributed by atoms with E-state index < -0.39 is 5.60 Å². The van der Waals surface area contributed by atoms with Crippen LogP contribution in [0.2, 0.25) is 0 Å². The Balaban J connectivity index is 1.73. The monoisotopic (exact) mass is 364 g/mol. The summed E-state index contributed by atoms with van der Waals surface area (Å²) in [6.45, 7) is 0. The minimum Gasteiger partial charge on any atom is -0.497 e. The molecule has 0 spiro atoms. The van der Waals surface area contributed by atoms with Gasteiger partial charge < -0.3 is 9.47 Å². The van der Waals surface area contributed by atoms with Gasteiger partial charge in [-0.15, -0.1) is 0 Å². The van der Waals surface area contributed by atoms with E-state index in [9.17, 15) is 0 Å². The van der Waals surface area contributed by atoms with Gasteiger partial charge in [-0.3, -0.25) is 0 Å². The third-order valence-corrected chi connectivity index (χ3v) is 5.39. The van der Waals surface area contributed by atoms with Gasteiger partial charge in [0.05, 0.1) is 7.11 Å². The summed E-state index contributed by atoms with van der Waals surface area (Å²) in [4.78, 5) is 0. The standard InChI is InChI=1S/C26H20O2/c1-27-22-14-12-19-13-15-25-23(24(19)18-22)16-17-26(28-25,20-8-4-2-5-9-20)21-10-6-3-7-11-21/h2-18H,1H3. The average Bonchev–Trinajstić information content (AvgIpc) is 2.79. The summed E-state index contributed by atoms with van der Waals surface area (Å²) in [7, 11) is 1.69. The molecule has 0 radical (unpaired) electrons. The maximum Gasteiger partial charge on any atom is 0.178 e. The summed E-state index contributed by atoms with van der Waals surface area (Å²) in [6.07, 6.45) is 4.35. The van der Waals surface area contributed by atoms with Gasteiger partial charge in [0.1, 0.15) is 11.5 Å². The molecular weight excluding hydrogens is 344 g/mol. The minimum absolute atomic E-state index is 0.651. The molecule has 1 heterocycles. The second kappa shape index (κ2) is 6.58. The summed E-state index contributed by atoms with van der Waals surface area (Å²) >= 11 is 0. The van der Waals surface area contributed by atoms with Crippen molar-refractivity contribution in [2.75, 3.05) is 7.11 Å². The Morgan fingerprint density at radius 3 is 2.04 bits per heavy atom. The average molecular weight is 364 g/mol. The molecule has 0 atom stereocenters. The Labute approximate surface area is 164 Å². The van der Waals surface area contributed by atoms with E-state index in [2.05, 4.69) is 84.9 Å². The van der Waals surface area contributed by atoms with Crippen LogP contribution in [0, 0.1) is 0 Å². The van der Waals surface area contributed by atoms with Crippen molar-refractivity contribution in [1.29, 1.82) is 0 Å². The maximum atomic E-state index is 6.75. The summed E-state index contributed by atoms with van der Waals surface area (Å²) in [5.74, 6) is 1.72. The lowest BCUT2D eigenvalue weighted by atomic mass is 9.83.